The summed E-state index contributed by atoms with van der Waals surface area (Å²) in [7, 11) is 0. The molecule has 0 aromatic heterocycles. The number of ether oxygens (including phenoxy) is 1. The van der Waals surface area contributed by atoms with E-state index in [-0.39, 0.29) is 28.6 Å². The predicted octanol–water partition coefficient (Wildman–Crippen LogP) is -0.330. The molecule has 0 aromatic rings. The van der Waals surface area contributed by atoms with Crippen LogP contribution in [0.3, 0.4) is 0 Å². The Morgan fingerprint density at radius 3 is 2.55 bits per heavy atom. The Bertz CT molecular complexity index is 442. The number of imide groups is 1. The van der Waals surface area contributed by atoms with Gasteiger partial charge in [-0.05, 0) is 18.3 Å². The molecule has 1 saturated carbocycles. The molecule has 0 spiro atoms. The van der Waals surface area contributed by atoms with Crippen LogP contribution in [0.5, 0.6) is 0 Å². The molecule has 1 aliphatic carbocycles. The van der Waals surface area contributed by atoms with Crippen LogP contribution in [-0.4, -0.2) is 49.7 Å². The van der Waals surface area contributed by atoms with Crippen LogP contribution in [0.2, 0.25) is 0 Å². The van der Waals surface area contributed by atoms with Crippen molar-refractivity contribution in [2.75, 3.05) is 33.0 Å². The number of piperidine rings is 1. The lowest BCUT2D eigenvalue weighted by atomic mass is 9.62. The summed E-state index contributed by atoms with van der Waals surface area (Å²) in [6.07, 6.45) is 1.69. The third kappa shape index (κ3) is 1.76. The minimum Gasteiger partial charge on any atom is -0.370 e. The second kappa shape index (κ2) is 4.53. The highest BCUT2D eigenvalue weighted by Gasteiger charge is 2.64. The first-order valence-corrected chi connectivity index (χ1v) is 7.65. The summed E-state index contributed by atoms with van der Waals surface area (Å²) in [4.78, 5) is 28.4. The molecule has 1 N–H and O–H groups in total. The highest BCUT2D eigenvalue weighted by atomic mass is 16.5. The fourth-order valence-corrected chi connectivity index (χ4v) is 4.09. The lowest BCUT2D eigenvalue weighted by Gasteiger charge is -2.47. The van der Waals surface area contributed by atoms with Gasteiger partial charge in [0, 0.05) is 5.92 Å². The van der Waals surface area contributed by atoms with Crippen molar-refractivity contribution in [3.8, 4) is 0 Å². The Kier molecular flexibility index (Phi) is 3.18. The van der Waals surface area contributed by atoms with E-state index in [4.69, 9.17) is 4.74 Å². The van der Waals surface area contributed by atoms with E-state index in [9.17, 15) is 9.59 Å². The largest absolute Gasteiger partial charge is 0.370 e. The maximum atomic E-state index is 12.9. The second-order valence-electron chi connectivity index (χ2n) is 7.24. The van der Waals surface area contributed by atoms with Crippen molar-refractivity contribution < 1.29 is 19.2 Å². The minimum absolute atomic E-state index is 0.00522. The SMILES string of the molecule is CC1(C)[C@H]2CC[C@]1(C)C(=O)N(C[NH+]1CCOCC1)C2=O. The van der Waals surface area contributed by atoms with Gasteiger partial charge in [0.25, 0.3) is 0 Å². The van der Waals surface area contributed by atoms with Crippen molar-refractivity contribution in [3.63, 3.8) is 0 Å². The average Bonchev–Trinajstić information content (AvgIpc) is 2.61. The Hall–Kier alpha value is -0.940. The van der Waals surface area contributed by atoms with Crippen molar-refractivity contribution in [1.29, 1.82) is 0 Å². The first kappa shape index (κ1) is 14.0. The summed E-state index contributed by atoms with van der Waals surface area (Å²) < 4.78 is 5.34. The van der Waals surface area contributed by atoms with E-state index in [1.165, 1.54) is 4.90 Å². The highest BCUT2D eigenvalue weighted by molar-refractivity contribution is 6.03. The van der Waals surface area contributed by atoms with Gasteiger partial charge in [-0.3, -0.25) is 9.59 Å². The summed E-state index contributed by atoms with van der Waals surface area (Å²) >= 11 is 0. The van der Waals surface area contributed by atoms with Gasteiger partial charge >= 0.3 is 0 Å². The van der Waals surface area contributed by atoms with Gasteiger partial charge in [0.05, 0.1) is 18.6 Å². The lowest BCUT2D eigenvalue weighted by molar-refractivity contribution is -0.915. The molecule has 2 heterocycles. The van der Waals surface area contributed by atoms with E-state index in [1.54, 1.807) is 4.90 Å². The number of rotatable bonds is 2. The van der Waals surface area contributed by atoms with E-state index < -0.39 is 0 Å². The van der Waals surface area contributed by atoms with Gasteiger partial charge in [-0.1, -0.05) is 20.8 Å². The molecule has 5 heteroatoms. The molecule has 2 bridgehead atoms. The zero-order chi connectivity index (χ0) is 14.5. The standard InChI is InChI=1S/C15H24N2O3/c1-14(2)11-4-5-15(14,3)13(19)17(12(11)18)10-16-6-8-20-9-7-16/h11H,4-10H2,1-3H3/p+1/t11-,15+/m0/s1. The van der Waals surface area contributed by atoms with Gasteiger partial charge in [-0.15, -0.1) is 0 Å². The molecule has 3 rings (SSSR count). The summed E-state index contributed by atoms with van der Waals surface area (Å²) in [6, 6.07) is 0. The summed E-state index contributed by atoms with van der Waals surface area (Å²) in [5.74, 6) is 0.0971. The van der Waals surface area contributed by atoms with E-state index in [0.717, 1.165) is 39.1 Å². The number of nitrogens with zero attached hydrogens (tertiary/aromatic N) is 1. The first-order valence-electron chi connectivity index (χ1n) is 7.65. The van der Waals surface area contributed by atoms with Crippen molar-refractivity contribution in [1.82, 2.24) is 4.90 Å². The number of carbonyl (C=O) groups is 2. The Balaban J connectivity index is 1.83. The van der Waals surface area contributed by atoms with Gasteiger partial charge in [-0.25, -0.2) is 4.90 Å². The molecule has 2 saturated heterocycles. The number of likely N-dealkylation sites (tertiary alicyclic amines) is 1. The molecule has 3 aliphatic rings. The number of quaternary nitrogens is 1. The van der Waals surface area contributed by atoms with Crippen molar-refractivity contribution in [3.05, 3.63) is 0 Å². The van der Waals surface area contributed by atoms with Crippen LogP contribution in [0.25, 0.3) is 0 Å². The topological polar surface area (TPSA) is 51.1 Å². The third-order valence-corrected chi connectivity index (χ3v) is 6.09. The molecule has 0 aromatic carbocycles. The maximum Gasteiger partial charge on any atom is 0.240 e. The number of carbonyl (C=O) groups excluding carboxylic acids is 2. The van der Waals surface area contributed by atoms with Crippen molar-refractivity contribution in [2.45, 2.75) is 33.6 Å². The summed E-state index contributed by atoms with van der Waals surface area (Å²) in [6.45, 7) is 9.92. The molecule has 3 fully saturated rings. The Morgan fingerprint density at radius 2 is 1.90 bits per heavy atom. The van der Waals surface area contributed by atoms with Crippen LogP contribution >= 0.6 is 0 Å². The molecular formula is C15H25N2O3+. The molecule has 20 heavy (non-hydrogen) atoms. The quantitative estimate of drug-likeness (QED) is 0.705. The van der Waals surface area contributed by atoms with Crippen LogP contribution in [0, 0.1) is 16.7 Å². The molecule has 0 radical (unpaired) electrons. The Morgan fingerprint density at radius 1 is 1.25 bits per heavy atom. The van der Waals surface area contributed by atoms with Gasteiger partial charge in [0.2, 0.25) is 11.8 Å². The summed E-state index contributed by atoms with van der Waals surface area (Å²) in [5, 5.41) is 0. The van der Waals surface area contributed by atoms with E-state index in [1.807, 2.05) is 6.92 Å². The van der Waals surface area contributed by atoms with Gasteiger partial charge < -0.3 is 9.64 Å². The smallest absolute Gasteiger partial charge is 0.240 e. The fraction of sp³-hybridized carbons (Fsp3) is 0.867. The molecular weight excluding hydrogens is 256 g/mol. The monoisotopic (exact) mass is 281 g/mol. The van der Waals surface area contributed by atoms with Crippen LogP contribution in [0.1, 0.15) is 33.6 Å². The highest BCUT2D eigenvalue weighted by Crippen LogP contribution is 2.59. The van der Waals surface area contributed by atoms with Crippen molar-refractivity contribution in [2.24, 2.45) is 16.7 Å². The zero-order valence-electron chi connectivity index (χ0n) is 12.7. The van der Waals surface area contributed by atoms with Crippen molar-refractivity contribution >= 4 is 11.8 Å². The van der Waals surface area contributed by atoms with Gasteiger partial charge in [0.1, 0.15) is 13.1 Å². The number of hydrogen-bond acceptors (Lipinski definition) is 3. The first-order chi connectivity index (χ1) is 9.38. The third-order valence-electron chi connectivity index (χ3n) is 6.09. The lowest BCUT2D eigenvalue weighted by Crippen LogP contribution is -3.15. The minimum atomic E-state index is -0.378. The zero-order valence-corrected chi connectivity index (χ0v) is 12.7. The average molecular weight is 281 g/mol. The maximum absolute atomic E-state index is 12.9. The summed E-state index contributed by atoms with van der Waals surface area (Å²) in [5.41, 5.74) is -0.588. The predicted molar refractivity (Wildman–Crippen MR) is 72.8 cm³/mol. The molecule has 0 unspecified atom stereocenters. The molecule has 2 atom stereocenters. The van der Waals surface area contributed by atoms with Crippen LogP contribution in [-0.2, 0) is 14.3 Å². The number of hydrogen-bond donors (Lipinski definition) is 1. The molecule has 2 amide bonds. The van der Waals surface area contributed by atoms with E-state index in [0.29, 0.717) is 6.67 Å². The van der Waals surface area contributed by atoms with E-state index in [2.05, 4.69) is 13.8 Å². The Labute approximate surface area is 120 Å². The van der Waals surface area contributed by atoms with Gasteiger partial charge in [-0.2, -0.15) is 0 Å². The van der Waals surface area contributed by atoms with Gasteiger partial charge in [0.15, 0.2) is 6.67 Å². The molecule has 2 aliphatic heterocycles. The number of nitrogens with one attached hydrogen (secondary N) is 1. The fourth-order valence-electron chi connectivity index (χ4n) is 4.09. The molecule has 112 valence electrons. The number of fused-ring (bicyclic) bond motifs is 2. The van der Waals surface area contributed by atoms with E-state index >= 15 is 0 Å². The number of morpholine rings is 1. The normalized spacial score (nSPS) is 37.5. The van der Waals surface area contributed by atoms with Crippen LogP contribution < -0.4 is 4.90 Å². The number of amides is 2. The second-order valence-corrected chi connectivity index (χ2v) is 7.24. The van der Waals surface area contributed by atoms with Crippen LogP contribution in [0.4, 0.5) is 0 Å². The molecule has 5 nitrogen and oxygen atoms in total. The van der Waals surface area contributed by atoms with Crippen LogP contribution in [0.15, 0.2) is 0 Å².